The number of fused-ring (bicyclic) bond motifs is 1. The van der Waals surface area contributed by atoms with Gasteiger partial charge in [-0.25, -0.2) is 0 Å². The van der Waals surface area contributed by atoms with Gasteiger partial charge in [-0.1, -0.05) is 31.2 Å². The molecule has 2 nitrogen and oxygen atoms in total. The molecule has 1 aliphatic carbocycles. The molecular weight excluding hydrogens is 222 g/mol. The van der Waals surface area contributed by atoms with Crippen LogP contribution < -0.4 is 5.32 Å². The number of carbonyl (C=O) groups excluding carboxylic acids is 1. The van der Waals surface area contributed by atoms with E-state index in [4.69, 9.17) is 0 Å². The van der Waals surface area contributed by atoms with Crippen LogP contribution in [0, 0.1) is 0 Å². The Morgan fingerprint density at radius 3 is 2.83 bits per heavy atom. The minimum absolute atomic E-state index is 0.0424. The van der Waals surface area contributed by atoms with E-state index >= 15 is 0 Å². The molecule has 1 aromatic rings. The summed E-state index contributed by atoms with van der Waals surface area (Å²) >= 11 is 0. The van der Waals surface area contributed by atoms with Gasteiger partial charge < -0.3 is 5.32 Å². The van der Waals surface area contributed by atoms with Crippen molar-refractivity contribution in [3.05, 3.63) is 35.4 Å². The fourth-order valence-electron chi connectivity index (χ4n) is 2.54. The van der Waals surface area contributed by atoms with Crippen LogP contribution in [0.15, 0.2) is 24.3 Å². The summed E-state index contributed by atoms with van der Waals surface area (Å²) in [4.78, 5) is 12.4. The Morgan fingerprint density at radius 2 is 2.11 bits per heavy atom. The van der Waals surface area contributed by atoms with Gasteiger partial charge in [0.15, 0.2) is 0 Å². The van der Waals surface area contributed by atoms with Crippen molar-refractivity contribution < 1.29 is 4.79 Å². The molecule has 18 heavy (non-hydrogen) atoms. The molecule has 0 fully saturated rings. The summed E-state index contributed by atoms with van der Waals surface area (Å²) < 4.78 is 0. The van der Waals surface area contributed by atoms with Crippen molar-refractivity contribution in [2.75, 3.05) is 0 Å². The van der Waals surface area contributed by atoms with Crippen molar-refractivity contribution in [2.24, 2.45) is 0 Å². The number of nitrogens with one attached hydrogen (secondary N) is 1. The number of carbonyl (C=O) groups is 1. The van der Waals surface area contributed by atoms with Crippen molar-refractivity contribution >= 4 is 5.91 Å². The van der Waals surface area contributed by atoms with Crippen molar-refractivity contribution in [2.45, 2.75) is 57.9 Å². The molecule has 0 bridgehead atoms. The second-order valence-corrected chi connectivity index (χ2v) is 5.87. The summed E-state index contributed by atoms with van der Waals surface area (Å²) in [6.45, 7) is 6.27. The van der Waals surface area contributed by atoms with E-state index in [0.717, 1.165) is 25.7 Å². The van der Waals surface area contributed by atoms with Gasteiger partial charge in [-0.3, -0.25) is 4.79 Å². The summed E-state index contributed by atoms with van der Waals surface area (Å²) in [5, 5.41) is 3.18. The Morgan fingerprint density at radius 1 is 1.39 bits per heavy atom. The maximum Gasteiger partial charge on any atom is 0.227 e. The number of hydrogen-bond donors (Lipinski definition) is 1. The highest BCUT2D eigenvalue weighted by molar-refractivity contribution is 5.84. The lowest BCUT2D eigenvalue weighted by atomic mass is 9.82. The van der Waals surface area contributed by atoms with Crippen LogP contribution in [0.2, 0.25) is 0 Å². The van der Waals surface area contributed by atoms with Crippen molar-refractivity contribution in [1.29, 1.82) is 0 Å². The molecule has 1 atom stereocenters. The van der Waals surface area contributed by atoms with Gasteiger partial charge in [-0.2, -0.15) is 0 Å². The summed E-state index contributed by atoms with van der Waals surface area (Å²) in [6, 6.07) is 8.36. The third-order valence-electron chi connectivity index (χ3n) is 4.03. The fourth-order valence-corrected chi connectivity index (χ4v) is 2.54. The van der Waals surface area contributed by atoms with Gasteiger partial charge in [0.2, 0.25) is 5.91 Å². The Balaban J connectivity index is 2.18. The van der Waals surface area contributed by atoms with Crippen LogP contribution in [0.4, 0.5) is 0 Å². The smallest absolute Gasteiger partial charge is 0.227 e. The van der Waals surface area contributed by atoms with E-state index in [9.17, 15) is 4.79 Å². The predicted molar refractivity (Wildman–Crippen MR) is 74.6 cm³/mol. The van der Waals surface area contributed by atoms with Crippen LogP contribution in [0.1, 0.15) is 57.1 Å². The quantitative estimate of drug-likeness (QED) is 0.868. The number of amides is 1. The first kappa shape index (κ1) is 13.1. The lowest BCUT2D eigenvalue weighted by molar-refractivity contribution is -0.124. The maximum atomic E-state index is 12.4. The molecular formula is C16H23NO. The SMILES string of the molecule is CCC(C)(C)NC(=O)C1CCCc2ccccc21. The normalized spacial score (nSPS) is 19.2. The molecule has 0 heterocycles. The third-order valence-corrected chi connectivity index (χ3v) is 4.03. The largest absolute Gasteiger partial charge is 0.351 e. The molecule has 0 radical (unpaired) electrons. The second kappa shape index (κ2) is 5.13. The fraction of sp³-hybridized carbons (Fsp3) is 0.562. The first-order valence-corrected chi connectivity index (χ1v) is 6.93. The zero-order valence-electron chi connectivity index (χ0n) is 11.6. The summed E-state index contributed by atoms with van der Waals surface area (Å²) in [5.74, 6) is 0.231. The van der Waals surface area contributed by atoms with E-state index in [0.29, 0.717) is 0 Å². The van der Waals surface area contributed by atoms with Gasteiger partial charge >= 0.3 is 0 Å². The summed E-state index contributed by atoms with van der Waals surface area (Å²) in [5.41, 5.74) is 2.47. The van der Waals surface area contributed by atoms with Gasteiger partial charge in [0.05, 0.1) is 5.92 Å². The Labute approximate surface area is 110 Å². The van der Waals surface area contributed by atoms with Gasteiger partial charge in [-0.15, -0.1) is 0 Å². The minimum Gasteiger partial charge on any atom is -0.351 e. The van der Waals surface area contributed by atoms with Crippen LogP contribution in [0.3, 0.4) is 0 Å². The molecule has 0 saturated carbocycles. The van der Waals surface area contributed by atoms with E-state index in [-0.39, 0.29) is 17.4 Å². The highest BCUT2D eigenvalue weighted by atomic mass is 16.2. The van der Waals surface area contributed by atoms with E-state index in [2.05, 4.69) is 44.3 Å². The number of aryl methyl sites for hydroxylation is 1. The summed E-state index contributed by atoms with van der Waals surface area (Å²) in [7, 11) is 0. The van der Waals surface area contributed by atoms with Crippen LogP contribution in [0.5, 0.6) is 0 Å². The second-order valence-electron chi connectivity index (χ2n) is 5.87. The van der Waals surface area contributed by atoms with Gasteiger partial charge in [-0.05, 0) is 50.7 Å². The molecule has 2 heteroatoms. The van der Waals surface area contributed by atoms with E-state index < -0.39 is 0 Å². The molecule has 0 spiro atoms. The van der Waals surface area contributed by atoms with E-state index in [1.165, 1.54) is 11.1 Å². The van der Waals surface area contributed by atoms with Gasteiger partial charge in [0, 0.05) is 5.54 Å². The first-order chi connectivity index (χ1) is 8.53. The molecule has 0 aromatic heterocycles. The van der Waals surface area contributed by atoms with Crippen LogP contribution in [-0.4, -0.2) is 11.4 Å². The molecule has 0 aliphatic heterocycles. The maximum absolute atomic E-state index is 12.4. The molecule has 98 valence electrons. The Kier molecular flexibility index (Phi) is 3.74. The average Bonchev–Trinajstić information content (AvgIpc) is 2.37. The summed E-state index contributed by atoms with van der Waals surface area (Å²) in [6.07, 6.45) is 4.15. The number of hydrogen-bond acceptors (Lipinski definition) is 1. The molecule has 0 saturated heterocycles. The molecule has 1 amide bonds. The number of rotatable bonds is 3. The average molecular weight is 245 g/mol. The molecule has 1 N–H and O–H groups in total. The van der Waals surface area contributed by atoms with Crippen LogP contribution >= 0.6 is 0 Å². The van der Waals surface area contributed by atoms with Crippen molar-refractivity contribution in [3.63, 3.8) is 0 Å². The topological polar surface area (TPSA) is 29.1 Å². The van der Waals surface area contributed by atoms with Gasteiger partial charge in [0.25, 0.3) is 0 Å². The lowest BCUT2D eigenvalue weighted by Crippen LogP contribution is -2.45. The third kappa shape index (κ3) is 2.74. The number of benzene rings is 1. The van der Waals surface area contributed by atoms with Gasteiger partial charge in [0.1, 0.15) is 0 Å². The Hall–Kier alpha value is -1.31. The van der Waals surface area contributed by atoms with Crippen molar-refractivity contribution in [1.82, 2.24) is 5.32 Å². The molecule has 1 aromatic carbocycles. The van der Waals surface area contributed by atoms with Crippen LogP contribution in [-0.2, 0) is 11.2 Å². The standard InChI is InChI=1S/C16H23NO/c1-4-16(2,3)17-15(18)14-11-7-9-12-8-5-6-10-13(12)14/h5-6,8,10,14H,4,7,9,11H2,1-3H3,(H,17,18). The minimum atomic E-state index is -0.108. The lowest BCUT2D eigenvalue weighted by Gasteiger charge is -2.30. The van der Waals surface area contributed by atoms with E-state index in [1.54, 1.807) is 0 Å². The monoisotopic (exact) mass is 245 g/mol. The molecule has 2 rings (SSSR count). The zero-order valence-corrected chi connectivity index (χ0v) is 11.6. The van der Waals surface area contributed by atoms with Crippen molar-refractivity contribution in [3.8, 4) is 0 Å². The highest BCUT2D eigenvalue weighted by Crippen LogP contribution is 2.32. The molecule has 1 unspecified atom stereocenters. The van der Waals surface area contributed by atoms with Crippen LogP contribution in [0.25, 0.3) is 0 Å². The van der Waals surface area contributed by atoms with E-state index in [1.807, 2.05) is 6.07 Å². The zero-order chi connectivity index (χ0) is 13.2. The highest BCUT2D eigenvalue weighted by Gasteiger charge is 2.29. The predicted octanol–water partition coefficient (Wildman–Crippen LogP) is 3.41. The molecule has 1 aliphatic rings. The first-order valence-electron chi connectivity index (χ1n) is 6.93. The Bertz CT molecular complexity index is 436.